The zero-order valence-corrected chi connectivity index (χ0v) is 8.98. The van der Waals surface area contributed by atoms with Gasteiger partial charge in [-0.1, -0.05) is 6.92 Å². The first-order valence-corrected chi connectivity index (χ1v) is 5.41. The fourth-order valence-electron chi connectivity index (χ4n) is 2.45. The van der Waals surface area contributed by atoms with Crippen LogP contribution in [0, 0.1) is 5.92 Å². The number of hydrogen-bond acceptors (Lipinski definition) is 2. The lowest BCUT2D eigenvalue weighted by Crippen LogP contribution is -2.30. The van der Waals surface area contributed by atoms with Crippen LogP contribution in [0.2, 0.25) is 0 Å². The molecule has 3 heteroatoms. The van der Waals surface area contributed by atoms with Gasteiger partial charge in [0.25, 0.3) is 0 Å². The lowest BCUT2D eigenvalue weighted by Gasteiger charge is -2.31. The second kappa shape index (κ2) is 3.73. The van der Waals surface area contributed by atoms with Crippen LogP contribution in [0.5, 0.6) is 0 Å². The van der Waals surface area contributed by atoms with Crippen molar-refractivity contribution in [2.75, 3.05) is 0 Å². The van der Waals surface area contributed by atoms with Gasteiger partial charge in [-0.25, -0.2) is 0 Å². The molecular weight excluding hydrogens is 174 g/mol. The third-order valence-corrected chi connectivity index (χ3v) is 3.39. The smallest absolute Gasteiger partial charge is 0.0524 e. The first kappa shape index (κ1) is 9.71. The molecular formula is C11H19N3. The van der Waals surface area contributed by atoms with Crippen molar-refractivity contribution in [1.29, 1.82) is 0 Å². The second-order valence-corrected chi connectivity index (χ2v) is 4.60. The Balaban J connectivity index is 2.15. The lowest BCUT2D eigenvalue weighted by atomic mass is 9.75. The molecule has 1 heterocycles. The van der Waals surface area contributed by atoms with Crippen LogP contribution in [0.4, 0.5) is 0 Å². The van der Waals surface area contributed by atoms with Gasteiger partial charge in [-0.3, -0.25) is 4.68 Å². The molecule has 0 amide bonds. The highest BCUT2D eigenvalue weighted by molar-refractivity contribution is 5.14. The summed E-state index contributed by atoms with van der Waals surface area (Å²) in [5, 5.41) is 4.23. The summed E-state index contributed by atoms with van der Waals surface area (Å²) in [4.78, 5) is 0. The summed E-state index contributed by atoms with van der Waals surface area (Å²) in [5.41, 5.74) is 7.36. The highest BCUT2D eigenvalue weighted by atomic mass is 15.2. The molecule has 1 saturated carbocycles. The first-order chi connectivity index (χ1) is 6.66. The van der Waals surface area contributed by atoms with E-state index in [-0.39, 0.29) is 0 Å². The molecule has 78 valence electrons. The van der Waals surface area contributed by atoms with Crippen LogP contribution in [0.15, 0.2) is 12.4 Å². The van der Waals surface area contributed by atoms with Crippen LogP contribution >= 0.6 is 0 Å². The van der Waals surface area contributed by atoms with Crippen LogP contribution in [0.25, 0.3) is 0 Å². The Labute approximate surface area is 85.3 Å². The van der Waals surface area contributed by atoms with Crippen LogP contribution in [0.1, 0.15) is 37.7 Å². The average molecular weight is 193 g/mol. The minimum absolute atomic E-state index is 0.386. The van der Waals surface area contributed by atoms with Gasteiger partial charge in [0.1, 0.15) is 0 Å². The first-order valence-electron chi connectivity index (χ1n) is 5.41. The quantitative estimate of drug-likeness (QED) is 0.737. The Morgan fingerprint density at radius 2 is 2.29 bits per heavy atom. The van der Waals surface area contributed by atoms with E-state index in [2.05, 4.69) is 18.2 Å². The van der Waals surface area contributed by atoms with E-state index in [1.54, 1.807) is 0 Å². The molecule has 2 N–H and O–H groups in total. The van der Waals surface area contributed by atoms with Crippen molar-refractivity contribution in [2.45, 2.75) is 38.1 Å². The molecule has 0 bridgehead atoms. The van der Waals surface area contributed by atoms with E-state index in [0.717, 1.165) is 12.3 Å². The monoisotopic (exact) mass is 193 g/mol. The van der Waals surface area contributed by atoms with Gasteiger partial charge in [0, 0.05) is 19.3 Å². The van der Waals surface area contributed by atoms with Gasteiger partial charge >= 0.3 is 0 Å². The fraction of sp³-hybridized carbons (Fsp3) is 0.727. The molecule has 14 heavy (non-hydrogen) atoms. The van der Waals surface area contributed by atoms with Crippen molar-refractivity contribution >= 4 is 0 Å². The summed E-state index contributed by atoms with van der Waals surface area (Å²) in [6, 6.07) is 0.386. The maximum Gasteiger partial charge on any atom is 0.0524 e. The van der Waals surface area contributed by atoms with E-state index in [1.165, 1.54) is 18.4 Å². The molecule has 1 aliphatic carbocycles. The van der Waals surface area contributed by atoms with E-state index in [0.29, 0.717) is 12.0 Å². The molecule has 1 fully saturated rings. The Morgan fingerprint density at radius 3 is 2.93 bits per heavy atom. The van der Waals surface area contributed by atoms with E-state index in [1.807, 2.05) is 17.9 Å². The molecule has 3 nitrogen and oxygen atoms in total. The number of rotatable bonds is 1. The highest BCUT2D eigenvalue weighted by Crippen LogP contribution is 2.36. The SMILES string of the molecule is CC1CCC(N)CC1c1cnn(C)c1. The maximum atomic E-state index is 6.00. The van der Waals surface area contributed by atoms with Gasteiger partial charge < -0.3 is 5.73 Å². The molecule has 1 aromatic heterocycles. The summed E-state index contributed by atoms with van der Waals surface area (Å²) in [6.07, 6.45) is 7.66. The molecule has 1 aliphatic rings. The predicted octanol–water partition coefficient (Wildman–Crippen LogP) is 1.65. The van der Waals surface area contributed by atoms with Crippen LogP contribution in [-0.2, 0) is 7.05 Å². The summed E-state index contributed by atoms with van der Waals surface area (Å²) in [6.45, 7) is 2.32. The van der Waals surface area contributed by atoms with Gasteiger partial charge in [-0.15, -0.1) is 0 Å². The third kappa shape index (κ3) is 1.82. The van der Waals surface area contributed by atoms with E-state index < -0.39 is 0 Å². The van der Waals surface area contributed by atoms with Crippen molar-refractivity contribution in [3.05, 3.63) is 18.0 Å². The fourth-order valence-corrected chi connectivity index (χ4v) is 2.45. The molecule has 0 radical (unpaired) electrons. The number of nitrogens with two attached hydrogens (primary N) is 1. The Morgan fingerprint density at radius 1 is 1.50 bits per heavy atom. The Hall–Kier alpha value is -0.830. The van der Waals surface area contributed by atoms with Gasteiger partial charge in [0.15, 0.2) is 0 Å². The normalized spacial score (nSPS) is 33.2. The van der Waals surface area contributed by atoms with Gasteiger partial charge in [-0.05, 0) is 36.7 Å². The molecule has 2 rings (SSSR count). The third-order valence-electron chi connectivity index (χ3n) is 3.39. The minimum atomic E-state index is 0.386. The van der Waals surface area contributed by atoms with E-state index in [9.17, 15) is 0 Å². The van der Waals surface area contributed by atoms with Crippen LogP contribution in [-0.4, -0.2) is 15.8 Å². The van der Waals surface area contributed by atoms with Crippen LogP contribution < -0.4 is 5.73 Å². The van der Waals surface area contributed by atoms with Crippen molar-refractivity contribution in [3.8, 4) is 0 Å². The number of nitrogens with zero attached hydrogens (tertiary/aromatic N) is 2. The molecule has 3 unspecified atom stereocenters. The van der Waals surface area contributed by atoms with Gasteiger partial charge in [0.05, 0.1) is 6.20 Å². The Bertz CT molecular complexity index is 305. The molecule has 0 aliphatic heterocycles. The zero-order chi connectivity index (χ0) is 10.1. The maximum absolute atomic E-state index is 6.00. The molecule has 0 aromatic carbocycles. The standard InChI is InChI=1S/C11H19N3/c1-8-3-4-10(12)5-11(8)9-6-13-14(2)7-9/h6-8,10-11H,3-5,12H2,1-2H3. The summed E-state index contributed by atoms with van der Waals surface area (Å²) in [7, 11) is 1.97. The summed E-state index contributed by atoms with van der Waals surface area (Å²) in [5.74, 6) is 1.37. The van der Waals surface area contributed by atoms with Gasteiger partial charge in [-0.2, -0.15) is 5.10 Å². The molecule has 3 atom stereocenters. The van der Waals surface area contributed by atoms with E-state index >= 15 is 0 Å². The zero-order valence-electron chi connectivity index (χ0n) is 8.98. The highest BCUT2D eigenvalue weighted by Gasteiger charge is 2.27. The van der Waals surface area contributed by atoms with Crippen molar-refractivity contribution in [3.63, 3.8) is 0 Å². The average Bonchev–Trinajstić information content (AvgIpc) is 2.56. The lowest BCUT2D eigenvalue weighted by molar-refractivity contribution is 0.300. The second-order valence-electron chi connectivity index (χ2n) is 4.60. The molecule has 0 saturated heterocycles. The molecule has 1 aromatic rings. The largest absolute Gasteiger partial charge is 0.328 e. The van der Waals surface area contributed by atoms with Crippen molar-refractivity contribution in [1.82, 2.24) is 9.78 Å². The number of aryl methyl sites for hydroxylation is 1. The molecule has 0 spiro atoms. The van der Waals surface area contributed by atoms with E-state index in [4.69, 9.17) is 5.73 Å². The minimum Gasteiger partial charge on any atom is -0.328 e. The summed E-state index contributed by atoms with van der Waals surface area (Å²) >= 11 is 0. The Kier molecular flexibility index (Phi) is 2.59. The van der Waals surface area contributed by atoms with Crippen molar-refractivity contribution in [2.24, 2.45) is 18.7 Å². The number of hydrogen-bond donors (Lipinski definition) is 1. The number of aromatic nitrogens is 2. The van der Waals surface area contributed by atoms with Gasteiger partial charge in [0.2, 0.25) is 0 Å². The van der Waals surface area contributed by atoms with Crippen LogP contribution in [0.3, 0.4) is 0 Å². The topological polar surface area (TPSA) is 43.8 Å². The predicted molar refractivity (Wildman–Crippen MR) is 56.9 cm³/mol. The van der Waals surface area contributed by atoms with Crippen molar-refractivity contribution < 1.29 is 0 Å². The summed E-state index contributed by atoms with van der Waals surface area (Å²) < 4.78 is 1.88.